The number of hydrogen-bond acceptors (Lipinski definition) is 1. The quantitative estimate of drug-likeness (QED) is 0.478. The van der Waals surface area contributed by atoms with E-state index in [1.165, 1.54) is 0 Å². The van der Waals surface area contributed by atoms with Gasteiger partial charge in [0.1, 0.15) is 5.38 Å². The maximum absolute atomic E-state index is 9.99. The number of carbonyl (C=O) groups excluding carboxylic acids is 1. The Hall–Kier alpha value is -1.02. The van der Waals surface area contributed by atoms with Crippen molar-refractivity contribution in [3.05, 3.63) is 36.4 Å². The SMILES string of the molecule is O=C1NC[C@@H]1Cl.c1ccccc1. The Balaban J connectivity index is 0.000000120. The molecule has 1 aliphatic rings. The Labute approximate surface area is 76.5 Å². The first-order valence-electron chi connectivity index (χ1n) is 3.72. The summed E-state index contributed by atoms with van der Waals surface area (Å²) in [7, 11) is 0. The molecule has 1 saturated heterocycles. The lowest BCUT2D eigenvalue weighted by molar-refractivity contribution is -0.124. The summed E-state index contributed by atoms with van der Waals surface area (Å²) >= 11 is 5.29. The summed E-state index contributed by atoms with van der Waals surface area (Å²) < 4.78 is 0. The number of rotatable bonds is 0. The topological polar surface area (TPSA) is 29.1 Å². The molecule has 2 nitrogen and oxygen atoms in total. The zero-order valence-corrected chi connectivity index (χ0v) is 7.29. The number of benzene rings is 1. The van der Waals surface area contributed by atoms with Crippen LogP contribution in [-0.4, -0.2) is 17.8 Å². The number of carbonyl (C=O) groups is 1. The molecular formula is C9H10ClNO. The van der Waals surface area contributed by atoms with E-state index in [0.717, 1.165) is 0 Å². The van der Waals surface area contributed by atoms with Crippen LogP contribution in [-0.2, 0) is 4.79 Å². The average Bonchev–Trinajstić information content (AvgIpc) is 2.19. The molecule has 1 fully saturated rings. The summed E-state index contributed by atoms with van der Waals surface area (Å²) in [6.07, 6.45) is 0. The van der Waals surface area contributed by atoms with Crippen LogP contribution in [0.2, 0.25) is 0 Å². The van der Waals surface area contributed by atoms with Crippen molar-refractivity contribution in [3.8, 4) is 0 Å². The molecule has 0 radical (unpaired) electrons. The summed E-state index contributed by atoms with van der Waals surface area (Å²) in [5.41, 5.74) is 0. The van der Waals surface area contributed by atoms with Crippen molar-refractivity contribution in [1.29, 1.82) is 0 Å². The second-order valence-corrected chi connectivity index (χ2v) is 2.89. The highest BCUT2D eigenvalue weighted by Gasteiger charge is 2.23. The van der Waals surface area contributed by atoms with Gasteiger partial charge in [0.2, 0.25) is 5.91 Å². The lowest BCUT2D eigenvalue weighted by atomic mass is 10.3. The highest BCUT2D eigenvalue weighted by molar-refractivity contribution is 6.33. The van der Waals surface area contributed by atoms with Gasteiger partial charge in [0.25, 0.3) is 0 Å². The smallest absolute Gasteiger partial charge is 0.239 e. The average molecular weight is 184 g/mol. The predicted octanol–water partition coefficient (Wildman–Crippen LogP) is 1.41. The van der Waals surface area contributed by atoms with E-state index in [1.54, 1.807) is 0 Å². The molecule has 1 aromatic carbocycles. The number of β-lactam (4-membered cyclic amide) rings is 1. The van der Waals surface area contributed by atoms with Gasteiger partial charge in [-0.1, -0.05) is 36.4 Å². The maximum atomic E-state index is 9.99. The van der Waals surface area contributed by atoms with Gasteiger partial charge in [0.15, 0.2) is 0 Å². The van der Waals surface area contributed by atoms with E-state index >= 15 is 0 Å². The zero-order chi connectivity index (χ0) is 8.81. The van der Waals surface area contributed by atoms with Gasteiger partial charge in [0.05, 0.1) is 0 Å². The largest absolute Gasteiger partial charge is 0.353 e. The van der Waals surface area contributed by atoms with Gasteiger partial charge in [0, 0.05) is 6.54 Å². The first-order valence-corrected chi connectivity index (χ1v) is 4.16. The number of halogens is 1. The molecule has 1 heterocycles. The number of amides is 1. The molecule has 1 amide bonds. The maximum Gasteiger partial charge on any atom is 0.239 e. The van der Waals surface area contributed by atoms with E-state index in [2.05, 4.69) is 5.32 Å². The van der Waals surface area contributed by atoms with Crippen molar-refractivity contribution in [3.63, 3.8) is 0 Å². The zero-order valence-electron chi connectivity index (χ0n) is 6.53. The minimum atomic E-state index is -0.245. The Kier molecular flexibility index (Phi) is 3.61. The van der Waals surface area contributed by atoms with Gasteiger partial charge < -0.3 is 5.32 Å². The van der Waals surface area contributed by atoms with Crippen LogP contribution in [0.1, 0.15) is 0 Å². The van der Waals surface area contributed by atoms with Crippen LogP contribution in [0.3, 0.4) is 0 Å². The van der Waals surface area contributed by atoms with Crippen molar-refractivity contribution in [2.75, 3.05) is 6.54 Å². The molecule has 1 atom stereocenters. The molecule has 2 rings (SSSR count). The summed E-state index contributed by atoms with van der Waals surface area (Å²) in [4.78, 5) is 9.99. The fourth-order valence-electron chi connectivity index (χ4n) is 0.647. The molecule has 3 heteroatoms. The van der Waals surface area contributed by atoms with Crippen LogP contribution in [0.5, 0.6) is 0 Å². The second kappa shape index (κ2) is 4.78. The van der Waals surface area contributed by atoms with Crippen molar-refractivity contribution in [2.24, 2.45) is 0 Å². The fourth-order valence-corrected chi connectivity index (χ4v) is 0.802. The molecule has 1 aromatic rings. The van der Waals surface area contributed by atoms with E-state index in [1.807, 2.05) is 36.4 Å². The number of alkyl halides is 1. The van der Waals surface area contributed by atoms with Gasteiger partial charge in [-0.05, 0) is 0 Å². The molecule has 64 valence electrons. The van der Waals surface area contributed by atoms with Crippen LogP contribution in [0, 0.1) is 0 Å². The molecule has 0 bridgehead atoms. The van der Waals surface area contributed by atoms with Gasteiger partial charge in [-0.3, -0.25) is 4.79 Å². The van der Waals surface area contributed by atoms with E-state index in [-0.39, 0.29) is 11.3 Å². The highest BCUT2D eigenvalue weighted by Crippen LogP contribution is 2.00. The summed E-state index contributed by atoms with van der Waals surface area (Å²) in [6.45, 7) is 0.639. The lowest BCUT2D eigenvalue weighted by Crippen LogP contribution is -2.49. The summed E-state index contributed by atoms with van der Waals surface area (Å²) in [5.74, 6) is -0.0448. The normalized spacial score (nSPS) is 19.8. The Bertz CT molecular complexity index is 211. The third kappa shape index (κ3) is 2.93. The van der Waals surface area contributed by atoms with Crippen molar-refractivity contribution in [1.82, 2.24) is 5.32 Å². The van der Waals surface area contributed by atoms with E-state index in [4.69, 9.17) is 11.6 Å². The van der Waals surface area contributed by atoms with Crippen LogP contribution in [0.25, 0.3) is 0 Å². The second-order valence-electron chi connectivity index (χ2n) is 2.37. The van der Waals surface area contributed by atoms with Gasteiger partial charge in [-0.25, -0.2) is 0 Å². The molecule has 1 aliphatic heterocycles. The van der Waals surface area contributed by atoms with Crippen molar-refractivity contribution in [2.45, 2.75) is 5.38 Å². The minimum absolute atomic E-state index is 0.0448. The van der Waals surface area contributed by atoms with Crippen molar-refractivity contribution >= 4 is 17.5 Å². The summed E-state index contributed by atoms with van der Waals surface area (Å²) in [6, 6.07) is 12.0. The molecule has 1 N–H and O–H groups in total. The van der Waals surface area contributed by atoms with Crippen LogP contribution in [0.4, 0.5) is 0 Å². The molecule has 0 unspecified atom stereocenters. The molecule has 0 aromatic heterocycles. The minimum Gasteiger partial charge on any atom is -0.353 e. The predicted molar refractivity (Wildman–Crippen MR) is 49.1 cm³/mol. The van der Waals surface area contributed by atoms with Crippen LogP contribution >= 0.6 is 11.6 Å². The molecule has 12 heavy (non-hydrogen) atoms. The van der Waals surface area contributed by atoms with Crippen LogP contribution < -0.4 is 5.32 Å². The first kappa shape index (κ1) is 9.07. The lowest BCUT2D eigenvalue weighted by Gasteiger charge is -2.18. The third-order valence-corrected chi connectivity index (χ3v) is 1.76. The Morgan fingerprint density at radius 1 is 1.17 bits per heavy atom. The van der Waals surface area contributed by atoms with E-state index in [9.17, 15) is 4.79 Å². The standard InChI is InChI=1S/C6H6.C3H4ClNO/c1-2-4-6-5-3-1;4-2-1-5-3(2)6/h1-6H;2H,1H2,(H,5,6)/t;2-/m.0/s1. The molecular weight excluding hydrogens is 174 g/mol. The Morgan fingerprint density at radius 2 is 1.50 bits per heavy atom. The third-order valence-electron chi connectivity index (χ3n) is 1.41. The van der Waals surface area contributed by atoms with Gasteiger partial charge in [-0.15, -0.1) is 11.6 Å². The van der Waals surface area contributed by atoms with Crippen molar-refractivity contribution < 1.29 is 4.79 Å². The van der Waals surface area contributed by atoms with Crippen LogP contribution in [0.15, 0.2) is 36.4 Å². The highest BCUT2D eigenvalue weighted by atomic mass is 35.5. The van der Waals surface area contributed by atoms with E-state index < -0.39 is 0 Å². The Morgan fingerprint density at radius 3 is 1.58 bits per heavy atom. The van der Waals surface area contributed by atoms with E-state index in [0.29, 0.717) is 6.54 Å². The van der Waals surface area contributed by atoms with Gasteiger partial charge >= 0.3 is 0 Å². The first-order chi connectivity index (χ1) is 5.80. The fraction of sp³-hybridized carbons (Fsp3) is 0.222. The number of hydrogen-bond donors (Lipinski definition) is 1. The molecule has 0 aliphatic carbocycles. The number of nitrogens with one attached hydrogen (secondary N) is 1. The monoisotopic (exact) mass is 183 g/mol. The molecule has 0 spiro atoms. The van der Waals surface area contributed by atoms with Gasteiger partial charge in [-0.2, -0.15) is 0 Å². The summed E-state index contributed by atoms with van der Waals surface area (Å²) in [5, 5.41) is 2.24. The molecule has 0 saturated carbocycles.